The zero-order chi connectivity index (χ0) is 38.6. The lowest BCUT2D eigenvalue weighted by atomic mass is 9.85. The van der Waals surface area contributed by atoms with Gasteiger partial charge in [0.05, 0.1) is 35.4 Å². The largest absolute Gasteiger partial charge is 0.379 e. The average Bonchev–Trinajstić information content (AvgIpc) is 3.12. The van der Waals surface area contributed by atoms with Crippen molar-refractivity contribution in [1.29, 1.82) is 0 Å². The first-order valence-corrected chi connectivity index (χ1v) is 22.3. The molecule has 0 bridgehead atoms. The fraction of sp³-hybridized carbons (Fsp3) is 0.385. The van der Waals surface area contributed by atoms with Gasteiger partial charge in [-0.15, -0.1) is 0 Å². The summed E-state index contributed by atoms with van der Waals surface area (Å²) in [5, 5.41) is 2.31. The molecule has 0 fully saturated rings. The number of fused-ring (bicyclic) bond motifs is 2. The minimum atomic E-state index is -3.80. The van der Waals surface area contributed by atoms with Gasteiger partial charge in [-0.3, -0.25) is 0 Å². The molecule has 15 heteroatoms. The molecule has 0 radical (unpaired) electrons. The Labute approximate surface area is 338 Å². The van der Waals surface area contributed by atoms with Gasteiger partial charge in [0.15, 0.2) is 9.84 Å². The van der Waals surface area contributed by atoms with E-state index in [1.54, 1.807) is 48.5 Å². The molecule has 2 atom stereocenters. The number of benzene rings is 4. The minimum absolute atomic E-state index is 0.0649. The molecule has 2 aliphatic rings. The third-order valence-electron chi connectivity index (χ3n) is 9.79. The number of nitrogens with zero attached hydrogens (tertiary/aromatic N) is 2. The second kappa shape index (κ2) is 17.9. The monoisotopic (exact) mass is 853 g/mol. The molecule has 0 saturated carbocycles. The minimum Gasteiger partial charge on any atom is -0.379 e. The van der Waals surface area contributed by atoms with Crippen LogP contribution in [0.3, 0.4) is 0 Å². The molecular formula is C39H43Cl4N3O6S2. The number of ether oxygens (including phenoxy) is 2. The fourth-order valence-electron chi connectivity index (χ4n) is 7.21. The van der Waals surface area contributed by atoms with Gasteiger partial charge in [-0.05, 0) is 102 Å². The van der Waals surface area contributed by atoms with E-state index < -0.39 is 19.9 Å². The first-order valence-electron chi connectivity index (χ1n) is 17.6. The summed E-state index contributed by atoms with van der Waals surface area (Å²) in [6.45, 7) is 3.73. The Morgan fingerprint density at radius 3 is 1.72 bits per heavy atom. The summed E-state index contributed by atoms with van der Waals surface area (Å²) in [5.41, 5.74) is 5.76. The molecule has 2 heterocycles. The van der Waals surface area contributed by atoms with Gasteiger partial charge >= 0.3 is 0 Å². The van der Waals surface area contributed by atoms with Gasteiger partial charge in [-0.25, -0.2) is 21.6 Å². The highest BCUT2D eigenvalue weighted by Gasteiger charge is 2.30. The molecule has 290 valence electrons. The van der Waals surface area contributed by atoms with E-state index in [-0.39, 0.29) is 60.4 Å². The van der Waals surface area contributed by atoms with Gasteiger partial charge < -0.3 is 19.3 Å². The van der Waals surface area contributed by atoms with E-state index in [0.29, 0.717) is 52.7 Å². The van der Waals surface area contributed by atoms with Crippen LogP contribution in [0.25, 0.3) is 0 Å². The van der Waals surface area contributed by atoms with Crippen LogP contribution in [0.2, 0.25) is 20.1 Å². The van der Waals surface area contributed by atoms with E-state index in [2.05, 4.69) is 14.5 Å². The van der Waals surface area contributed by atoms with Gasteiger partial charge in [-0.2, -0.15) is 0 Å². The first kappa shape index (κ1) is 41.4. The molecule has 0 spiro atoms. The Kier molecular flexibility index (Phi) is 13.7. The standard InChI is InChI=1S/C39H43Cl4N3O6S2/c1-45-22-34(32-18-28(40)20-38(42)36(32)24-45)26-6-3-8-30(16-26)53(47,48)15-5-11-51-13-14-52-12-10-44-54(49,50)31-9-4-7-27(17-31)35-23-46(2)25-37-33(35)19-29(41)21-39(37)43/h3-4,6-9,16-21,34-35,44H,5,10-15,22-25H2,1-2H3. The molecule has 0 aliphatic carbocycles. The predicted octanol–water partition coefficient (Wildman–Crippen LogP) is 7.63. The van der Waals surface area contributed by atoms with Gasteiger partial charge in [-0.1, -0.05) is 70.7 Å². The predicted molar refractivity (Wildman–Crippen MR) is 216 cm³/mol. The molecule has 2 aliphatic heterocycles. The third-order valence-corrected chi connectivity index (χ3v) is 14.2. The van der Waals surface area contributed by atoms with Crippen LogP contribution in [0.15, 0.2) is 82.6 Å². The van der Waals surface area contributed by atoms with Crippen molar-refractivity contribution in [3.05, 3.63) is 126 Å². The molecule has 0 saturated heterocycles. The number of hydrogen-bond donors (Lipinski definition) is 1. The lowest BCUT2D eigenvalue weighted by Crippen LogP contribution is -2.31. The van der Waals surface area contributed by atoms with Crippen LogP contribution in [-0.4, -0.2) is 92.5 Å². The number of sulfone groups is 1. The maximum atomic E-state index is 13.3. The molecule has 0 amide bonds. The Morgan fingerprint density at radius 1 is 0.667 bits per heavy atom. The van der Waals surface area contributed by atoms with Gasteiger partial charge in [0.2, 0.25) is 10.0 Å². The second-order valence-corrected chi connectivity index (χ2v) is 19.4. The van der Waals surface area contributed by atoms with Crippen molar-refractivity contribution in [1.82, 2.24) is 14.5 Å². The highest BCUT2D eigenvalue weighted by atomic mass is 35.5. The smallest absolute Gasteiger partial charge is 0.240 e. The quantitative estimate of drug-likeness (QED) is 0.122. The maximum absolute atomic E-state index is 13.3. The number of sulfonamides is 1. The second-order valence-electron chi connectivity index (χ2n) is 13.8. The topological polar surface area (TPSA) is 105 Å². The molecule has 0 aromatic heterocycles. The Hall–Kier alpha value is -2.26. The van der Waals surface area contributed by atoms with Crippen molar-refractivity contribution in [2.45, 2.75) is 41.1 Å². The average molecular weight is 856 g/mol. The van der Waals surface area contributed by atoms with E-state index in [9.17, 15) is 16.8 Å². The van der Waals surface area contributed by atoms with E-state index in [1.165, 1.54) is 0 Å². The van der Waals surface area contributed by atoms with E-state index in [1.807, 2.05) is 38.4 Å². The molecule has 4 aromatic carbocycles. The van der Waals surface area contributed by atoms with Crippen LogP contribution in [0.4, 0.5) is 0 Å². The van der Waals surface area contributed by atoms with Crippen molar-refractivity contribution in [3.8, 4) is 0 Å². The summed E-state index contributed by atoms with van der Waals surface area (Å²) in [6, 6.07) is 21.3. The Morgan fingerprint density at radius 2 is 1.17 bits per heavy atom. The summed E-state index contributed by atoms with van der Waals surface area (Å²) in [5.74, 6) is -0.221. The summed E-state index contributed by atoms with van der Waals surface area (Å²) in [6.07, 6.45) is 0.314. The molecule has 6 rings (SSSR count). The number of rotatable bonds is 15. The normalized spacial score (nSPS) is 18.0. The Balaban J connectivity index is 0.929. The van der Waals surface area contributed by atoms with Crippen molar-refractivity contribution in [2.24, 2.45) is 0 Å². The van der Waals surface area contributed by atoms with Crippen LogP contribution in [0, 0.1) is 0 Å². The number of likely N-dealkylation sites (N-methyl/N-ethyl adjacent to an activating group) is 2. The van der Waals surface area contributed by atoms with E-state index in [4.69, 9.17) is 55.9 Å². The van der Waals surface area contributed by atoms with E-state index >= 15 is 0 Å². The summed E-state index contributed by atoms with van der Waals surface area (Å²) in [7, 11) is -3.33. The number of halogens is 4. The number of hydrogen-bond acceptors (Lipinski definition) is 8. The molecule has 9 nitrogen and oxygen atoms in total. The summed E-state index contributed by atoms with van der Waals surface area (Å²) in [4.78, 5) is 4.74. The van der Waals surface area contributed by atoms with Crippen LogP contribution in [0.5, 0.6) is 0 Å². The van der Waals surface area contributed by atoms with Crippen LogP contribution in [0.1, 0.15) is 51.6 Å². The van der Waals surface area contributed by atoms with Crippen LogP contribution >= 0.6 is 46.4 Å². The first-order chi connectivity index (χ1) is 25.7. The van der Waals surface area contributed by atoms with Crippen LogP contribution in [-0.2, 0) is 42.4 Å². The van der Waals surface area contributed by atoms with Crippen molar-refractivity contribution < 1.29 is 26.3 Å². The van der Waals surface area contributed by atoms with Crippen molar-refractivity contribution in [2.75, 3.05) is 65.9 Å². The highest BCUT2D eigenvalue weighted by molar-refractivity contribution is 7.91. The summed E-state index contributed by atoms with van der Waals surface area (Å²) < 4.78 is 66.6. The Bertz CT molecular complexity index is 2050. The third kappa shape index (κ3) is 9.99. The van der Waals surface area contributed by atoms with Gasteiger partial charge in [0.25, 0.3) is 0 Å². The molecule has 2 unspecified atom stereocenters. The number of nitrogens with one attached hydrogen (secondary N) is 1. The molecule has 1 N–H and O–H groups in total. The molecular weight excluding hydrogens is 812 g/mol. The van der Waals surface area contributed by atoms with Crippen molar-refractivity contribution in [3.63, 3.8) is 0 Å². The van der Waals surface area contributed by atoms with Crippen molar-refractivity contribution >= 4 is 66.3 Å². The maximum Gasteiger partial charge on any atom is 0.240 e. The lowest BCUT2D eigenvalue weighted by molar-refractivity contribution is 0.0504. The zero-order valence-electron chi connectivity index (χ0n) is 30.0. The van der Waals surface area contributed by atoms with Gasteiger partial charge in [0.1, 0.15) is 0 Å². The van der Waals surface area contributed by atoms with Crippen LogP contribution < -0.4 is 4.72 Å². The molecule has 54 heavy (non-hydrogen) atoms. The lowest BCUT2D eigenvalue weighted by Gasteiger charge is -2.33. The summed E-state index contributed by atoms with van der Waals surface area (Å²) >= 11 is 25.7. The van der Waals surface area contributed by atoms with Gasteiger partial charge in [0, 0.05) is 71.3 Å². The zero-order valence-corrected chi connectivity index (χ0v) is 34.7. The SMILES string of the molecule is CN1Cc2c(Cl)cc(Cl)cc2C(c2cccc(S(=O)(=O)CCCOCCOCCNS(=O)(=O)c3cccc(C4CN(C)Cc5c(Cl)cc(Cl)cc54)c3)c2)C1. The van der Waals surface area contributed by atoms with E-state index in [0.717, 1.165) is 33.4 Å². The highest BCUT2D eigenvalue weighted by Crippen LogP contribution is 2.40. The molecule has 4 aromatic rings. The fourth-order valence-corrected chi connectivity index (χ4v) is 10.7.